The van der Waals surface area contributed by atoms with Crippen molar-refractivity contribution in [2.75, 3.05) is 0 Å². The summed E-state index contributed by atoms with van der Waals surface area (Å²) in [6, 6.07) is 0. The summed E-state index contributed by atoms with van der Waals surface area (Å²) in [5, 5.41) is 0. The molecule has 0 aromatic carbocycles. The average molecular weight is 123 g/mol. The SMILES string of the molecule is [CH2]C(=C)N(C#[O+])C(=C)C. The molecule has 9 heavy (non-hydrogen) atoms. The molecule has 0 aliphatic carbocycles. The van der Waals surface area contributed by atoms with Crippen LogP contribution in [0.4, 0.5) is 0 Å². The van der Waals surface area contributed by atoms with Gasteiger partial charge in [-0.15, -0.1) is 0 Å². The Morgan fingerprint density at radius 2 is 2.00 bits per heavy atom. The zero-order chi connectivity index (χ0) is 7.44. The third kappa shape index (κ3) is 2.17. The van der Waals surface area contributed by atoms with Crippen molar-refractivity contribution in [1.82, 2.24) is 4.90 Å². The molecule has 0 fully saturated rings. The van der Waals surface area contributed by atoms with Gasteiger partial charge in [0, 0.05) is 0 Å². The van der Waals surface area contributed by atoms with Crippen LogP contribution in [0, 0.1) is 13.2 Å². The summed E-state index contributed by atoms with van der Waals surface area (Å²) in [5.41, 5.74) is 0.961. The second-order valence-corrected chi connectivity index (χ2v) is 1.73. The standard InChI is InChI=1S/C7H9NO/c1-6(2)8(5-9)7(3)4/h1-3H2,4H3/q+1. The van der Waals surface area contributed by atoms with Gasteiger partial charge in [-0.2, -0.15) is 0 Å². The van der Waals surface area contributed by atoms with Crippen molar-refractivity contribution in [3.05, 3.63) is 31.5 Å². The van der Waals surface area contributed by atoms with E-state index in [2.05, 4.69) is 20.1 Å². The third-order valence-corrected chi connectivity index (χ3v) is 0.789. The minimum absolute atomic E-state index is 0.387. The molecule has 0 unspecified atom stereocenters. The maximum atomic E-state index is 10.0. The first kappa shape index (κ1) is 8.02. The van der Waals surface area contributed by atoms with Gasteiger partial charge in [-0.25, -0.2) is 0 Å². The van der Waals surface area contributed by atoms with Crippen molar-refractivity contribution < 1.29 is 4.65 Å². The average Bonchev–Trinajstić information content (AvgIpc) is 1.64. The van der Waals surface area contributed by atoms with Crippen LogP contribution in [-0.4, -0.2) is 4.90 Å². The first-order valence-corrected chi connectivity index (χ1v) is 2.44. The first-order chi connectivity index (χ1) is 4.09. The topological polar surface area (TPSA) is 23.1 Å². The molecule has 47 valence electrons. The van der Waals surface area contributed by atoms with Crippen LogP contribution in [0.5, 0.6) is 0 Å². The maximum absolute atomic E-state index is 10.0. The van der Waals surface area contributed by atoms with Gasteiger partial charge < -0.3 is 0 Å². The fraction of sp³-hybridized carbons (Fsp3) is 0.143. The van der Waals surface area contributed by atoms with E-state index in [4.69, 9.17) is 0 Å². The molecule has 0 bridgehead atoms. The number of hydrogen-bond donors (Lipinski definition) is 0. The van der Waals surface area contributed by atoms with E-state index in [9.17, 15) is 4.65 Å². The number of nitrogens with zero attached hydrogens (tertiary/aromatic N) is 1. The van der Waals surface area contributed by atoms with Gasteiger partial charge in [0.1, 0.15) is 0 Å². The predicted octanol–water partition coefficient (Wildman–Crippen LogP) is 1.52. The van der Waals surface area contributed by atoms with Crippen molar-refractivity contribution >= 4 is 0 Å². The summed E-state index contributed by atoms with van der Waals surface area (Å²) in [4.78, 5) is 1.15. The summed E-state index contributed by atoms with van der Waals surface area (Å²) < 4.78 is 10.0. The Morgan fingerprint density at radius 3 is 2.00 bits per heavy atom. The second kappa shape index (κ2) is 3.13. The van der Waals surface area contributed by atoms with Gasteiger partial charge in [0.2, 0.25) is 0 Å². The predicted molar refractivity (Wildman–Crippen MR) is 35.7 cm³/mol. The van der Waals surface area contributed by atoms with Crippen molar-refractivity contribution in [3.8, 4) is 6.27 Å². The Labute approximate surface area is 55.2 Å². The molecule has 0 rings (SSSR count). The molecule has 0 aromatic rings. The van der Waals surface area contributed by atoms with Gasteiger partial charge in [-0.1, -0.05) is 0 Å². The van der Waals surface area contributed by atoms with E-state index >= 15 is 0 Å². The second-order valence-electron chi connectivity index (χ2n) is 1.73. The summed E-state index contributed by atoms with van der Waals surface area (Å²) in [7, 11) is 0. The molecule has 0 spiro atoms. The zero-order valence-corrected chi connectivity index (χ0v) is 5.48. The molecule has 2 heteroatoms. The molecule has 2 nitrogen and oxygen atoms in total. The summed E-state index contributed by atoms with van der Waals surface area (Å²) in [5.74, 6) is 0. The molecule has 0 aromatic heterocycles. The molecule has 0 amide bonds. The van der Waals surface area contributed by atoms with E-state index in [-0.39, 0.29) is 0 Å². The molecular weight excluding hydrogens is 114 g/mol. The molecule has 1 radical (unpaired) electrons. The molecule has 0 saturated carbocycles. The van der Waals surface area contributed by atoms with Crippen LogP contribution < -0.4 is 0 Å². The van der Waals surface area contributed by atoms with E-state index in [1.54, 1.807) is 13.2 Å². The number of allylic oxidation sites excluding steroid dienone is 2. The summed E-state index contributed by atoms with van der Waals surface area (Å²) in [6.45, 7) is 12.1. The first-order valence-electron chi connectivity index (χ1n) is 2.44. The van der Waals surface area contributed by atoms with Crippen LogP contribution in [0.25, 0.3) is 0 Å². The third-order valence-electron chi connectivity index (χ3n) is 0.789. The van der Waals surface area contributed by atoms with Gasteiger partial charge >= 0.3 is 54.2 Å². The van der Waals surface area contributed by atoms with Crippen LogP contribution in [0.2, 0.25) is 0 Å². The monoisotopic (exact) mass is 123 g/mol. The fourth-order valence-electron chi connectivity index (χ4n) is 0.412. The Morgan fingerprint density at radius 1 is 1.56 bits per heavy atom. The molecule has 0 atom stereocenters. The van der Waals surface area contributed by atoms with Gasteiger partial charge in [0.05, 0.1) is 0 Å². The van der Waals surface area contributed by atoms with Crippen LogP contribution >= 0.6 is 0 Å². The van der Waals surface area contributed by atoms with Crippen molar-refractivity contribution in [2.24, 2.45) is 0 Å². The van der Waals surface area contributed by atoms with Crippen LogP contribution in [0.1, 0.15) is 6.92 Å². The van der Waals surface area contributed by atoms with E-state index < -0.39 is 0 Å². The quantitative estimate of drug-likeness (QED) is 0.403. The van der Waals surface area contributed by atoms with Crippen LogP contribution in [-0.2, 0) is 4.65 Å². The van der Waals surface area contributed by atoms with E-state index in [0.29, 0.717) is 11.4 Å². The zero-order valence-electron chi connectivity index (χ0n) is 5.48. The summed E-state index contributed by atoms with van der Waals surface area (Å²) >= 11 is 0. The van der Waals surface area contributed by atoms with Crippen molar-refractivity contribution in [2.45, 2.75) is 6.92 Å². The molecule has 0 heterocycles. The Kier molecular flexibility index (Phi) is 2.79. The Bertz CT molecular complexity index is 162. The fourth-order valence-corrected chi connectivity index (χ4v) is 0.412. The number of hydrogen-bond acceptors (Lipinski definition) is 1. The molecule has 0 saturated heterocycles. The van der Waals surface area contributed by atoms with Gasteiger partial charge in [0.15, 0.2) is 0 Å². The Hall–Kier alpha value is -0.980. The minimum atomic E-state index is 0.387. The van der Waals surface area contributed by atoms with Gasteiger partial charge in [-0.3, -0.25) is 0 Å². The van der Waals surface area contributed by atoms with Crippen molar-refractivity contribution in [1.29, 1.82) is 0 Å². The Balaban J connectivity index is 4.22. The normalized spacial score (nSPS) is 7.67. The van der Waals surface area contributed by atoms with Crippen LogP contribution in [0.3, 0.4) is 0 Å². The van der Waals surface area contributed by atoms with Gasteiger partial charge in [-0.05, 0) is 0 Å². The van der Waals surface area contributed by atoms with Crippen LogP contribution in [0.15, 0.2) is 24.6 Å². The van der Waals surface area contributed by atoms with Gasteiger partial charge in [0.25, 0.3) is 0 Å². The molecule has 0 N–H and O–H groups in total. The van der Waals surface area contributed by atoms with E-state index in [1.165, 1.54) is 0 Å². The molecule has 0 aliphatic rings. The molecule has 0 aliphatic heterocycles. The number of rotatable bonds is 2. The summed E-state index contributed by atoms with van der Waals surface area (Å²) in [6.07, 6.45) is 1.62. The van der Waals surface area contributed by atoms with E-state index in [0.717, 1.165) is 4.90 Å². The van der Waals surface area contributed by atoms with E-state index in [1.807, 2.05) is 0 Å². The molecular formula is C7H9NO+. The van der Waals surface area contributed by atoms with Crippen molar-refractivity contribution in [3.63, 3.8) is 0 Å².